The molecule has 0 bridgehead atoms. The minimum atomic E-state index is -0.291. The highest BCUT2D eigenvalue weighted by atomic mass is 19.1. The molecule has 1 saturated heterocycles. The third-order valence-electron chi connectivity index (χ3n) is 3.60. The van der Waals surface area contributed by atoms with Crippen molar-refractivity contribution in [2.24, 2.45) is 0 Å². The summed E-state index contributed by atoms with van der Waals surface area (Å²) in [6, 6.07) is 6.65. The van der Waals surface area contributed by atoms with Crippen LogP contribution >= 0.6 is 0 Å². The Kier molecular flexibility index (Phi) is 5.51. The van der Waals surface area contributed by atoms with Gasteiger partial charge < -0.3 is 4.74 Å². The third-order valence-corrected chi connectivity index (χ3v) is 3.60. The number of hydrogen-bond acceptors (Lipinski definition) is 3. The quantitative estimate of drug-likeness (QED) is 0.829. The van der Waals surface area contributed by atoms with E-state index in [1.807, 2.05) is 6.07 Å². The SMILES string of the molecule is CCCOC1CCCN(Cc2ccc(C#N)cc2F)C1. The van der Waals surface area contributed by atoms with E-state index in [9.17, 15) is 4.39 Å². The van der Waals surface area contributed by atoms with Gasteiger partial charge in [-0.2, -0.15) is 5.26 Å². The predicted octanol–water partition coefficient (Wildman–Crippen LogP) is 3.09. The van der Waals surface area contributed by atoms with Crippen LogP contribution in [0.2, 0.25) is 0 Å². The van der Waals surface area contributed by atoms with Crippen LogP contribution in [0.15, 0.2) is 18.2 Å². The fraction of sp³-hybridized carbons (Fsp3) is 0.562. The van der Waals surface area contributed by atoms with Crippen LogP contribution in [0.4, 0.5) is 4.39 Å². The highest BCUT2D eigenvalue weighted by Crippen LogP contribution is 2.18. The highest BCUT2D eigenvalue weighted by Gasteiger charge is 2.21. The van der Waals surface area contributed by atoms with Gasteiger partial charge in [-0.25, -0.2) is 4.39 Å². The summed E-state index contributed by atoms with van der Waals surface area (Å²) in [5.74, 6) is -0.291. The Hall–Kier alpha value is -1.44. The molecular formula is C16H21FN2O. The van der Waals surface area contributed by atoms with Crippen LogP contribution in [0, 0.1) is 17.1 Å². The topological polar surface area (TPSA) is 36.3 Å². The molecule has 3 nitrogen and oxygen atoms in total. The van der Waals surface area contributed by atoms with Gasteiger partial charge in [0.2, 0.25) is 0 Å². The zero-order valence-corrected chi connectivity index (χ0v) is 11.9. The smallest absolute Gasteiger partial charge is 0.129 e. The minimum Gasteiger partial charge on any atom is -0.377 e. The van der Waals surface area contributed by atoms with E-state index >= 15 is 0 Å². The number of halogens is 1. The molecule has 108 valence electrons. The first-order chi connectivity index (χ1) is 9.72. The normalized spacial score (nSPS) is 19.8. The van der Waals surface area contributed by atoms with E-state index in [4.69, 9.17) is 10.00 Å². The monoisotopic (exact) mass is 276 g/mol. The second-order valence-electron chi connectivity index (χ2n) is 5.29. The van der Waals surface area contributed by atoms with Gasteiger partial charge in [0.1, 0.15) is 5.82 Å². The average molecular weight is 276 g/mol. The Balaban J connectivity index is 1.94. The molecule has 0 N–H and O–H groups in total. The second-order valence-corrected chi connectivity index (χ2v) is 5.29. The lowest BCUT2D eigenvalue weighted by Crippen LogP contribution is -2.39. The molecule has 0 amide bonds. The molecule has 0 saturated carbocycles. The molecule has 1 atom stereocenters. The molecule has 0 aliphatic carbocycles. The zero-order valence-electron chi connectivity index (χ0n) is 11.9. The van der Waals surface area contributed by atoms with Crippen LogP contribution in [-0.2, 0) is 11.3 Å². The third kappa shape index (κ3) is 4.03. The standard InChI is InChI=1S/C16H21FN2O/c1-2-8-20-15-4-3-7-19(12-15)11-14-6-5-13(10-18)9-16(14)17/h5-6,9,15H,2-4,7-8,11-12H2,1H3. The molecule has 0 aromatic heterocycles. The summed E-state index contributed by atoms with van der Waals surface area (Å²) < 4.78 is 19.7. The van der Waals surface area contributed by atoms with Crippen LogP contribution in [-0.4, -0.2) is 30.7 Å². The summed E-state index contributed by atoms with van der Waals surface area (Å²) in [4.78, 5) is 2.23. The van der Waals surface area contributed by atoms with Gasteiger partial charge in [0.25, 0.3) is 0 Å². The molecule has 4 heteroatoms. The Bertz CT molecular complexity index is 484. The summed E-state index contributed by atoms with van der Waals surface area (Å²) in [5, 5.41) is 8.75. The predicted molar refractivity (Wildman–Crippen MR) is 75.7 cm³/mol. The Morgan fingerprint density at radius 3 is 3.05 bits per heavy atom. The van der Waals surface area contributed by atoms with Crippen molar-refractivity contribution >= 4 is 0 Å². The maximum atomic E-state index is 13.9. The molecule has 1 aliphatic heterocycles. The molecule has 2 rings (SSSR count). The molecule has 1 aliphatic rings. The van der Waals surface area contributed by atoms with Crippen LogP contribution < -0.4 is 0 Å². The molecule has 1 heterocycles. The molecule has 20 heavy (non-hydrogen) atoms. The van der Waals surface area contributed by atoms with Crippen LogP contribution in [0.1, 0.15) is 37.3 Å². The van der Waals surface area contributed by atoms with Crippen molar-refractivity contribution < 1.29 is 9.13 Å². The zero-order chi connectivity index (χ0) is 14.4. The number of likely N-dealkylation sites (tertiary alicyclic amines) is 1. The van der Waals surface area contributed by atoms with Gasteiger partial charge in [-0.15, -0.1) is 0 Å². The van der Waals surface area contributed by atoms with Crippen molar-refractivity contribution in [1.29, 1.82) is 5.26 Å². The van der Waals surface area contributed by atoms with Crippen LogP contribution in [0.3, 0.4) is 0 Å². The van der Waals surface area contributed by atoms with E-state index in [0.717, 1.165) is 39.0 Å². The van der Waals surface area contributed by atoms with Gasteiger partial charge in [0.05, 0.1) is 17.7 Å². The molecule has 1 fully saturated rings. The number of nitriles is 1. The van der Waals surface area contributed by atoms with E-state index in [0.29, 0.717) is 17.7 Å². The minimum absolute atomic E-state index is 0.269. The number of nitrogens with zero attached hydrogens (tertiary/aromatic N) is 2. The van der Waals surface area contributed by atoms with E-state index < -0.39 is 0 Å². The van der Waals surface area contributed by atoms with E-state index in [1.165, 1.54) is 6.07 Å². The molecule has 1 aromatic rings. The molecule has 0 spiro atoms. The number of piperidine rings is 1. The molecule has 0 radical (unpaired) electrons. The summed E-state index contributed by atoms with van der Waals surface area (Å²) >= 11 is 0. The maximum Gasteiger partial charge on any atom is 0.129 e. The van der Waals surface area contributed by atoms with E-state index in [-0.39, 0.29) is 11.9 Å². The van der Waals surface area contributed by atoms with Crippen molar-refractivity contribution in [3.05, 3.63) is 35.1 Å². The largest absolute Gasteiger partial charge is 0.377 e. The number of ether oxygens (including phenoxy) is 1. The van der Waals surface area contributed by atoms with Gasteiger partial charge in [-0.05, 0) is 37.9 Å². The fourth-order valence-corrected chi connectivity index (χ4v) is 2.56. The van der Waals surface area contributed by atoms with Gasteiger partial charge in [-0.3, -0.25) is 4.90 Å². The van der Waals surface area contributed by atoms with Crippen molar-refractivity contribution in [3.8, 4) is 6.07 Å². The van der Waals surface area contributed by atoms with Crippen molar-refractivity contribution in [1.82, 2.24) is 4.90 Å². The Morgan fingerprint density at radius 1 is 1.50 bits per heavy atom. The molecule has 1 aromatic carbocycles. The summed E-state index contributed by atoms with van der Waals surface area (Å²) in [6.45, 7) is 5.32. The van der Waals surface area contributed by atoms with E-state index in [2.05, 4.69) is 11.8 Å². The second kappa shape index (κ2) is 7.37. The summed E-state index contributed by atoms with van der Waals surface area (Å²) in [5.41, 5.74) is 1.02. The number of hydrogen-bond donors (Lipinski definition) is 0. The highest BCUT2D eigenvalue weighted by molar-refractivity contribution is 5.32. The first-order valence-electron chi connectivity index (χ1n) is 7.25. The first-order valence-corrected chi connectivity index (χ1v) is 7.25. The summed E-state index contributed by atoms with van der Waals surface area (Å²) in [6.07, 6.45) is 3.48. The Morgan fingerprint density at radius 2 is 2.35 bits per heavy atom. The number of rotatable bonds is 5. The van der Waals surface area contributed by atoms with Crippen LogP contribution in [0.25, 0.3) is 0 Å². The van der Waals surface area contributed by atoms with Crippen molar-refractivity contribution in [2.45, 2.75) is 38.8 Å². The van der Waals surface area contributed by atoms with Gasteiger partial charge in [0, 0.05) is 25.3 Å². The molecular weight excluding hydrogens is 255 g/mol. The lowest BCUT2D eigenvalue weighted by Gasteiger charge is -2.32. The average Bonchev–Trinajstić information content (AvgIpc) is 2.47. The van der Waals surface area contributed by atoms with E-state index in [1.54, 1.807) is 12.1 Å². The fourth-order valence-electron chi connectivity index (χ4n) is 2.56. The lowest BCUT2D eigenvalue weighted by atomic mass is 10.1. The Labute approximate surface area is 120 Å². The van der Waals surface area contributed by atoms with Gasteiger partial charge >= 0.3 is 0 Å². The maximum absolute atomic E-state index is 13.9. The van der Waals surface area contributed by atoms with Crippen LogP contribution in [0.5, 0.6) is 0 Å². The van der Waals surface area contributed by atoms with Gasteiger partial charge in [0.15, 0.2) is 0 Å². The van der Waals surface area contributed by atoms with Gasteiger partial charge in [-0.1, -0.05) is 13.0 Å². The first kappa shape index (κ1) is 15.0. The number of benzene rings is 1. The van der Waals surface area contributed by atoms with Crippen molar-refractivity contribution in [2.75, 3.05) is 19.7 Å². The molecule has 1 unspecified atom stereocenters. The summed E-state index contributed by atoms with van der Waals surface area (Å²) in [7, 11) is 0. The lowest BCUT2D eigenvalue weighted by molar-refractivity contribution is -0.00247. The van der Waals surface area contributed by atoms with Crippen molar-refractivity contribution in [3.63, 3.8) is 0 Å².